The van der Waals surface area contributed by atoms with E-state index in [1.165, 1.54) is 6.26 Å². The Morgan fingerprint density at radius 2 is 2.67 bits per heavy atom. The number of amides is 1. The highest BCUT2D eigenvalue weighted by Crippen LogP contribution is 2.14. The second-order valence-corrected chi connectivity index (χ2v) is 3.85. The van der Waals surface area contributed by atoms with Crippen molar-refractivity contribution in [1.29, 1.82) is 0 Å². The highest BCUT2D eigenvalue weighted by atomic mass is 16.5. The molecule has 5 heteroatoms. The predicted molar refractivity (Wildman–Crippen MR) is 53.9 cm³/mol. The summed E-state index contributed by atoms with van der Waals surface area (Å²) in [6, 6.07) is 2.01. The van der Waals surface area contributed by atoms with Crippen molar-refractivity contribution in [2.24, 2.45) is 5.92 Å². The van der Waals surface area contributed by atoms with Gasteiger partial charge in [0, 0.05) is 12.1 Å². The van der Waals surface area contributed by atoms with Gasteiger partial charge in [-0.2, -0.15) is 0 Å². The topological polar surface area (TPSA) is 67.2 Å². The molecule has 0 aliphatic carbocycles. The van der Waals surface area contributed by atoms with Gasteiger partial charge in [0.25, 0.3) is 0 Å². The number of carbonyl (C=O) groups excluding carboxylic acids is 1. The van der Waals surface area contributed by atoms with Gasteiger partial charge >= 0.3 is 0 Å². The molecule has 1 aromatic rings. The van der Waals surface area contributed by atoms with Crippen LogP contribution in [0.3, 0.4) is 0 Å². The van der Waals surface area contributed by atoms with Crippen LogP contribution in [-0.2, 0) is 11.3 Å². The molecular weight excluding hydrogens is 194 g/mol. The Labute approximate surface area is 88.2 Å². The number of hydrogen-bond donors (Lipinski definition) is 2. The summed E-state index contributed by atoms with van der Waals surface area (Å²) in [7, 11) is 0. The van der Waals surface area contributed by atoms with E-state index in [1.807, 2.05) is 6.92 Å². The van der Waals surface area contributed by atoms with Crippen LogP contribution < -0.4 is 10.6 Å². The van der Waals surface area contributed by atoms with Crippen LogP contribution in [0.15, 0.2) is 16.9 Å². The van der Waals surface area contributed by atoms with Gasteiger partial charge in [0.05, 0.1) is 12.5 Å². The summed E-state index contributed by atoms with van der Waals surface area (Å²) in [6.45, 7) is 3.40. The van der Waals surface area contributed by atoms with Gasteiger partial charge in [-0.25, -0.2) is 0 Å². The lowest BCUT2D eigenvalue weighted by Crippen LogP contribution is -2.36. The summed E-state index contributed by atoms with van der Waals surface area (Å²) in [5, 5.41) is 9.83. The number of nitrogens with zero attached hydrogens (tertiary/aromatic N) is 1. The van der Waals surface area contributed by atoms with Crippen LogP contribution >= 0.6 is 0 Å². The average Bonchev–Trinajstić information content (AvgIpc) is 2.84. The minimum Gasteiger partial charge on any atom is -0.364 e. The minimum absolute atomic E-state index is 0.0805. The molecular formula is C10H15N3O2. The van der Waals surface area contributed by atoms with Gasteiger partial charge < -0.3 is 15.2 Å². The summed E-state index contributed by atoms with van der Waals surface area (Å²) in [5.74, 6) is 0.174. The summed E-state index contributed by atoms with van der Waals surface area (Å²) < 4.78 is 4.68. The lowest BCUT2D eigenvalue weighted by Gasteiger charge is -2.13. The zero-order valence-electron chi connectivity index (χ0n) is 8.69. The van der Waals surface area contributed by atoms with E-state index in [0.29, 0.717) is 6.54 Å². The van der Waals surface area contributed by atoms with Gasteiger partial charge in [0.2, 0.25) is 5.91 Å². The first-order valence-corrected chi connectivity index (χ1v) is 5.17. The minimum atomic E-state index is 0.0805. The smallest absolute Gasteiger partial charge is 0.225 e. The molecule has 0 radical (unpaired) electrons. The number of hydrogen-bond acceptors (Lipinski definition) is 4. The molecule has 1 fully saturated rings. The SMILES string of the molecule is CC1NCCC1C(=O)NCc1ccon1. The van der Waals surface area contributed by atoms with E-state index in [0.717, 1.165) is 18.7 Å². The fraction of sp³-hybridized carbons (Fsp3) is 0.600. The van der Waals surface area contributed by atoms with E-state index in [2.05, 4.69) is 20.3 Å². The Morgan fingerprint density at radius 3 is 3.27 bits per heavy atom. The van der Waals surface area contributed by atoms with Crippen LogP contribution in [0.2, 0.25) is 0 Å². The first-order valence-electron chi connectivity index (χ1n) is 5.17. The standard InChI is InChI=1S/C10H15N3O2/c1-7-9(2-4-11-7)10(14)12-6-8-3-5-15-13-8/h3,5,7,9,11H,2,4,6H2,1H3,(H,12,14). The second kappa shape index (κ2) is 4.44. The van der Waals surface area contributed by atoms with Gasteiger partial charge in [-0.1, -0.05) is 5.16 Å². The van der Waals surface area contributed by atoms with Crippen LogP contribution in [-0.4, -0.2) is 23.7 Å². The highest BCUT2D eigenvalue weighted by Gasteiger charge is 2.28. The fourth-order valence-corrected chi connectivity index (χ4v) is 1.85. The predicted octanol–water partition coefficient (Wildman–Crippen LogP) is 0.289. The van der Waals surface area contributed by atoms with Crippen molar-refractivity contribution >= 4 is 5.91 Å². The maximum atomic E-state index is 11.7. The van der Waals surface area contributed by atoms with Crippen molar-refractivity contribution in [1.82, 2.24) is 15.8 Å². The first kappa shape index (κ1) is 10.2. The summed E-state index contributed by atoms with van der Waals surface area (Å²) in [4.78, 5) is 11.7. The van der Waals surface area contributed by atoms with Crippen molar-refractivity contribution < 1.29 is 9.32 Å². The third kappa shape index (κ3) is 2.36. The molecule has 5 nitrogen and oxygen atoms in total. The lowest BCUT2D eigenvalue weighted by atomic mass is 10.0. The fourth-order valence-electron chi connectivity index (χ4n) is 1.85. The molecule has 1 amide bonds. The Morgan fingerprint density at radius 1 is 1.80 bits per heavy atom. The molecule has 0 saturated carbocycles. The third-order valence-electron chi connectivity index (χ3n) is 2.80. The summed E-state index contributed by atoms with van der Waals surface area (Å²) in [6.07, 6.45) is 2.41. The summed E-state index contributed by atoms with van der Waals surface area (Å²) in [5.41, 5.74) is 0.752. The molecule has 0 spiro atoms. The van der Waals surface area contributed by atoms with Crippen molar-refractivity contribution in [2.75, 3.05) is 6.54 Å². The molecule has 82 valence electrons. The number of carbonyl (C=O) groups is 1. The van der Waals surface area contributed by atoms with Crippen LogP contribution in [0, 0.1) is 5.92 Å². The lowest BCUT2D eigenvalue weighted by molar-refractivity contribution is -0.125. The van der Waals surface area contributed by atoms with Gasteiger partial charge in [-0.3, -0.25) is 4.79 Å². The average molecular weight is 209 g/mol. The van der Waals surface area contributed by atoms with E-state index in [4.69, 9.17) is 0 Å². The molecule has 2 atom stereocenters. The Balaban J connectivity index is 1.82. The van der Waals surface area contributed by atoms with Crippen LogP contribution in [0.4, 0.5) is 0 Å². The van der Waals surface area contributed by atoms with E-state index < -0.39 is 0 Å². The molecule has 1 aliphatic rings. The molecule has 0 aromatic carbocycles. The third-order valence-corrected chi connectivity index (χ3v) is 2.80. The second-order valence-electron chi connectivity index (χ2n) is 3.85. The van der Waals surface area contributed by atoms with Gasteiger partial charge in [0.15, 0.2) is 0 Å². The molecule has 2 N–H and O–H groups in total. The maximum Gasteiger partial charge on any atom is 0.225 e. The molecule has 2 heterocycles. The molecule has 2 rings (SSSR count). The van der Waals surface area contributed by atoms with Crippen LogP contribution in [0.5, 0.6) is 0 Å². The Bertz CT molecular complexity index is 323. The zero-order valence-corrected chi connectivity index (χ0v) is 8.69. The molecule has 1 aliphatic heterocycles. The number of aromatic nitrogens is 1. The van der Waals surface area contributed by atoms with Gasteiger partial charge in [0.1, 0.15) is 12.0 Å². The monoisotopic (exact) mass is 209 g/mol. The Hall–Kier alpha value is -1.36. The van der Waals surface area contributed by atoms with Crippen molar-refractivity contribution in [2.45, 2.75) is 25.9 Å². The van der Waals surface area contributed by atoms with Crippen molar-refractivity contribution in [3.05, 3.63) is 18.0 Å². The first-order chi connectivity index (χ1) is 7.27. The normalized spacial score (nSPS) is 25.4. The Kier molecular flexibility index (Phi) is 3.01. The van der Waals surface area contributed by atoms with Gasteiger partial charge in [-0.05, 0) is 19.9 Å². The highest BCUT2D eigenvalue weighted by molar-refractivity contribution is 5.79. The largest absolute Gasteiger partial charge is 0.364 e. The van der Waals surface area contributed by atoms with Crippen LogP contribution in [0.25, 0.3) is 0 Å². The van der Waals surface area contributed by atoms with Crippen molar-refractivity contribution in [3.63, 3.8) is 0 Å². The molecule has 0 bridgehead atoms. The van der Waals surface area contributed by atoms with Crippen LogP contribution in [0.1, 0.15) is 19.0 Å². The molecule has 1 saturated heterocycles. The van der Waals surface area contributed by atoms with E-state index in [9.17, 15) is 4.79 Å². The van der Waals surface area contributed by atoms with E-state index in [1.54, 1.807) is 6.07 Å². The zero-order chi connectivity index (χ0) is 10.7. The molecule has 1 aromatic heterocycles. The molecule has 2 unspecified atom stereocenters. The quantitative estimate of drug-likeness (QED) is 0.750. The number of rotatable bonds is 3. The molecule has 15 heavy (non-hydrogen) atoms. The maximum absolute atomic E-state index is 11.7. The van der Waals surface area contributed by atoms with Gasteiger partial charge in [-0.15, -0.1) is 0 Å². The van der Waals surface area contributed by atoms with E-state index >= 15 is 0 Å². The number of nitrogens with one attached hydrogen (secondary N) is 2. The van der Waals surface area contributed by atoms with E-state index in [-0.39, 0.29) is 17.9 Å². The van der Waals surface area contributed by atoms with Crippen molar-refractivity contribution in [3.8, 4) is 0 Å². The summed E-state index contributed by atoms with van der Waals surface area (Å²) >= 11 is 0.